The predicted octanol–water partition coefficient (Wildman–Crippen LogP) is 1.95. The first kappa shape index (κ1) is 9.64. The van der Waals surface area contributed by atoms with Gasteiger partial charge in [-0.3, -0.25) is 4.68 Å². The van der Waals surface area contributed by atoms with E-state index in [1.54, 1.807) is 19.3 Å². The van der Waals surface area contributed by atoms with Crippen molar-refractivity contribution >= 4 is 5.69 Å². The van der Waals surface area contributed by atoms with Crippen LogP contribution in [0.15, 0.2) is 24.4 Å². The number of hydrogen-bond acceptors (Lipinski definition) is 2. The molecule has 2 aromatic rings. The van der Waals surface area contributed by atoms with E-state index in [0.29, 0.717) is 5.69 Å². The number of halogens is 2. The van der Waals surface area contributed by atoms with E-state index in [2.05, 4.69) is 5.10 Å². The number of nitrogen functional groups attached to an aromatic ring is 1. The summed E-state index contributed by atoms with van der Waals surface area (Å²) in [6.07, 6.45) is 1.66. The molecule has 0 saturated carbocycles. The van der Waals surface area contributed by atoms with Crippen LogP contribution in [0.4, 0.5) is 14.5 Å². The second-order valence-electron chi connectivity index (χ2n) is 3.23. The summed E-state index contributed by atoms with van der Waals surface area (Å²) in [7, 11) is 1.70. The maximum atomic E-state index is 13.4. The standard InChI is InChI=1S/C10H9F2N3/c1-15-3-2-10(14-15)6-4-8(12)9(13)5-7(6)11/h2-5H,13H2,1H3. The maximum absolute atomic E-state index is 13.4. The molecule has 3 nitrogen and oxygen atoms in total. The lowest BCUT2D eigenvalue weighted by Gasteiger charge is -2.02. The molecule has 0 amide bonds. The summed E-state index contributed by atoms with van der Waals surface area (Å²) in [6, 6.07) is 3.61. The molecular formula is C10H9F2N3. The highest BCUT2D eigenvalue weighted by Crippen LogP contribution is 2.24. The Balaban J connectivity index is 2.58. The molecule has 1 heterocycles. The molecule has 0 fully saturated rings. The Kier molecular flexibility index (Phi) is 2.15. The molecular weight excluding hydrogens is 200 g/mol. The minimum Gasteiger partial charge on any atom is -0.396 e. The van der Waals surface area contributed by atoms with Gasteiger partial charge in [-0.05, 0) is 12.1 Å². The topological polar surface area (TPSA) is 43.8 Å². The highest BCUT2D eigenvalue weighted by atomic mass is 19.1. The second-order valence-corrected chi connectivity index (χ2v) is 3.23. The largest absolute Gasteiger partial charge is 0.396 e. The van der Waals surface area contributed by atoms with E-state index in [1.165, 1.54) is 4.68 Å². The molecule has 5 heteroatoms. The molecule has 78 valence electrons. The lowest BCUT2D eigenvalue weighted by Crippen LogP contribution is -1.95. The monoisotopic (exact) mass is 209 g/mol. The fourth-order valence-corrected chi connectivity index (χ4v) is 1.32. The number of benzene rings is 1. The normalized spacial score (nSPS) is 10.6. The van der Waals surface area contributed by atoms with Crippen LogP contribution in [0.3, 0.4) is 0 Å². The molecule has 0 radical (unpaired) electrons. The first-order chi connectivity index (χ1) is 7.08. The minimum absolute atomic E-state index is 0.113. The third-order valence-electron chi connectivity index (χ3n) is 2.08. The third-order valence-corrected chi connectivity index (χ3v) is 2.08. The zero-order valence-corrected chi connectivity index (χ0v) is 8.04. The third kappa shape index (κ3) is 1.68. The lowest BCUT2D eigenvalue weighted by molar-refractivity contribution is 0.606. The fourth-order valence-electron chi connectivity index (χ4n) is 1.32. The molecule has 0 aliphatic rings. The molecule has 0 spiro atoms. The van der Waals surface area contributed by atoms with Gasteiger partial charge in [-0.25, -0.2) is 8.78 Å². The van der Waals surface area contributed by atoms with E-state index in [0.717, 1.165) is 12.1 Å². The predicted molar refractivity (Wildman–Crippen MR) is 53.0 cm³/mol. The zero-order valence-electron chi connectivity index (χ0n) is 8.04. The van der Waals surface area contributed by atoms with Crippen LogP contribution in [0.25, 0.3) is 11.3 Å². The van der Waals surface area contributed by atoms with Crippen LogP contribution in [-0.4, -0.2) is 9.78 Å². The van der Waals surface area contributed by atoms with Gasteiger partial charge in [-0.15, -0.1) is 0 Å². The molecule has 0 unspecified atom stereocenters. The van der Waals surface area contributed by atoms with E-state index in [-0.39, 0.29) is 11.3 Å². The Morgan fingerprint density at radius 3 is 2.60 bits per heavy atom. The lowest BCUT2D eigenvalue weighted by atomic mass is 10.1. The molecule has 1 aromatic heterocycles. The summed E-state index contributed by atoms with van der Waals surface area (Å²) in [4.78, 5) is 0. The molecule has 1 aromatic carbocycles. The van der Waals surface area contributed by atoms with Crippen LogP contribution < -0.4 is 5.73 Å². The minimum atomic E-state index is -0.642. The fraction of sp³-hybridized carbons (Fsp3) is 0.100. The van der Waals surface area contributed by atoms with Crippen LogP contribution in [0.2, 0.25) is 0 Å². The van der Waals surface area contributed by atoms with Crippen molar-refractivity contribution in [3.8, 4) is 11.3 Å². The number of rotatable bonds is 1. The molecule has 2 rings (SSSR count). The van der Waals surface area contributed by atoms with E-state index in [1.807, 2.05) is 0 Å². The summed E-state index contributed by atoms with van der Waals surface area (Å²) in [5, 5.41) is 3.98. The van der Waals surface area contributed by atoms with Crippen LogP contribution in [0.1, 0.15) is 0 Å². The van der Waals surface area contributed by atoms with Gasteiger partial charge in [0.05, 0.1) is 11.4 Å². The summed E-state index contributed by atoms with van der Waals surface area (Å²) in [5.41, 5.74) is 5.53. The summed E-state index contributed by atoms with van der Waals surface area (Å²) < 4.78 is 28.1. The highest BCUT2D eigenvalue weighted by molar-refractivity contribution is 5.62. The zero-order chi connectivity index (χ0) is 11.0. The average Bonchev–Trinajstić information content (AvgIpc) is 2.58. The van der Waals surface area contributed by atoms with Gasteiger partial charge in [-0.2, -0.15) is 5.10 Å². The van der Waals surface area contributed by atoms with Crippen molar-refractivity contribution in [3.63, 3.8) is 0 Å². The average molecular weight is 209 g/mol. The van der Waals surface area contributed by atoms with E-state index in [9.17, 15) is 8.78 Å². The summed E-state index contributed by atoms with van der Waals surface area (Å²) in [6.45, 7) is 0. The Labute approximate surface area is 85.1 Å². The van der Waals surface area contributed by atoms with Crippen LogP contribution >= 0.6 is 0 Å². The van der Waals surface area contributed by atoms with Crippen LogP contribution in [0.5, 0.6) is 0 Å². The van der Waals surface area contributed by atoms with Gasteiger partial charge >= 0.3 is 0 Å². The van der Waals surface area contributed by atoms with Gasteiger partial charge in [-0.1, -0.05) is 0 Å². The molecule has 0 saturated heterocycles. The van der Waals surface area contributed by atoms with Crippen molar-refractivity contribution in [2.75, 3.05) is 5.73 Å². The van der Waals surface area contributed by atoms with Crippen molar-refractivity contribution in [2.45, 2.75) is 0 Å². The maximum Gasteiger partial charge on any atom is 0.146 e. The highest BCUT2D eigenvalue weighted by Gasteiger charge is 2.11. The van der Waals surface area contributed by atoms with Crippen molar-refractivity contribution in [2.24, 2.45) is 7.05 Å². The number of nitrogens with zero attached hydrogens (tertiary/aromatic N) is 2. The van der Waals surface area contributed by atoms with Crippen molar-refractivity contribution < 1.29 is 8.78 Å². The van der Waals surface area contributed by atoms with Gasteiger partial charge in [0.25, 0.3) is 0 Å². The number of aromatic nitrogens is 2. The van der Waals surface area contributed by atoms with Gasteiger partial charge in [0.15, 0.2) is 0 Å². The molecule has 0 atom stereocenters. The quantitative estimate of drug-likeness (QED) is 0.729. The molecule has 0 aliphatic heterocycles. The van der Waals surface area contributed by atoms with Crippen LogP contribution in [-0.2, 0) is 7.05 Å². The van der Waals surface area contributed by atoms with Gasteiger partial charge in [0, 0.05) is 24.9 Å². The van der Waals surface area contributed by atoms with Gasteiger partial charge in [0.1, 0.15) is 11.6 Å². The Morgan fingerprint density at radius 1 is 1.27 bits per heavy atom. The number of anilines is 1. The Morgan fingerprint density at radius 2 is 2.00 bits per heavy atom. The second kappa shape index (κ2) is 3.34. The van der Waals surface area contributed by atoms with Crippen molar-refractivity contribution in [1.82, 2.24) is 9.78 Å². The van der Waals surface area contributed by atoms with Crippen molar-refractivity contribution in [3.05, 3.63) is 36.0 Å². The van der Waals surface area contributed by atoms with E-state index in [4.69, 9.17) is 5.73 Å². The Bertz CT molecular complexity index is 505. The van der Waals surface area contributed by atoms with E-state index < -0.39 is 11.6 Å². The molecule has 0 bridgehead atoms. The molecule has 2 N–H and O–H groups in total. The van der Waals surface area contributed by atoms with Gasteiger partial charge in [0.2, 0.25) is 0 Å². The first-order valence-corrected chi connectivity index (χ1v) is 4.32. The number of hydrogen-bond donors (Lipinski definition) is 1. The van der Waals surface area contributed by atoms with Crippen molar-refractivity contribution in [1.29, 1.82) is 0 Å². The smallest absolute Gasteiger partial charge is 0.146 e. The molecule has 15 heavy (non-hydrogen) atoms. The van der Waals surface area contributed by atoms with E-state index >= 15 is 0 Å². The number of nitrogens with two attached hydrogens (primary N) is 1. The van der Waals surface area contributed by atoms with Crippen LogP contribution in [0, 0.1) is 11.6 Å². The summed E-state index contributed by atoms with van der Waals surface area (Å²) in [5.74, 6) is -1.22. The van der Waals surface area contributed by atoms with Gasteiger partial charge < -0.3 is 5.73 Å². The first-order valence-electron chi connectivity index (χ1n) is 4.32. The molecule has 0 aliphatic carbocycles. The Hall–Kier alpha value is -1.91. The number of aryl methyl sites for hydroxylation is 1. The SMILES string of the molecule is Cn1ccc(-c2cc(F)c(N)cc2F)n1. The summed E-state index contributed by atoms with van der Waals surface area (Å²) >= 11 is 0.